The molecule has 0 aromatic heterocycles. The molecule has 0 amide bonds. The second-order valence-electron chi connectivity index (χ2n) is 3.62. The van der Waals surface area contributed by atoms with Crippen LogP contribution in [0.25, 0.3) is 0 Å². The first-order chi connectivity index (χ1) is 8.24. The number of halogens is 1. The highest BCUT2D eigenvalue weighted by Gasteiger charge is 2.18. The van der Waals surface area contributed by atoms with E-state index in [9.17, 15) is 9.50 Å². The van der Waals surface area contributed by atoms with Gasteiger partial charge in [-0.05, 0) is 11.6 Å². The minimum absolute atomic E-state index is 0.200. The second kappa shape index (κ2) is 4.74. The maximum absolute atomic E-state index is 13.7. The zero-order valence-corrected chi connectivity index (χ0v) is 8.97. The van der Waals surface area contributed by atoms with Crippen molar-refractivity contribution in [3.8, 4) is 5.75 Å². The largest absolute Gasteiger partial charge is 0.505 e. The molecule has 4 heteroatoms. The van der Waals surface area contributed by atoms with Crippen molar-refractivity contribution in [2.45, 2.75) is 6.04 Å². The van der Waals surface area contributed by atoms with Gasteiger partial charge in [0, 0.05) is 5.56 Å². The molecule has 1 atom stereocenters. The molecule has 0 radical (unpaired) electrons. The van der Waals surface area contributed by atoms with Crippen LogP contribution in [0.5, 0.6) is 5.75 Å². The van der Waals surface area contributed by atoms with Gasteiger partial charge in [-0.3, -0.25) is 0 Å². The Morgan fingerprint density at radius 1 is 1.06 bits per heavy atom. The maximum Gasteiger partial charge on any atom is 0.170 e. The van der Waals surface area contributed by atoms with E-state index in [1.165, 1.54) is 18.2 Å². The number of nitrogens with one attached hydrogen (secondary N) is 1. The molecule has 2 rings (SSSR count). The zero-order chi connectivity index (χ0) is 12.3. The molecule has 2 aromatic carbocycles. The summed E-state index contributed by atoms with van der Waals surface area (Å²) in [6.45, 7) is 0. The Kier molecular flexibility index (Phi) is 3.14. The fourth-order valence-electron chi connectivity index (χ4n) is 1.71. The fraction of sp³-hybridized carbons (Fsp3) is 0.0769. The molecule has 0 aliphatic heterocycles. The third-order valence-corrected chi connectivity index (χ3v) is 2.55. The normalized spacial score (nSPS) is 12.1. The monoisotopic (exact) mass is 230 g/mol. The molecule has 0 saturated heterocycles. The van der Waals surface area contributed by atoms with Crippen LogP contribution in [0, 0.1) is 11.3 Å². The molecule has 2 N–H and O–H groups in total. The van der Waals surface area contributed by atoms with Gasteiger partial charge in [0.15, 0.2) is 11.6 Å². The van der Waals surface area contributed by atoms with Crippen molar-refractivity contribution in [1.82, 2.24) is 0 Å². The number of aromatic hydroxyl groups is 1. The third-order valence-electron chi connectivity index (χ3n) is 2.55. The predicted octanol–water partition coefficient (Wildman–Crippen LogP) is 3.65. The SMILES string of the molecule is N=NC(c1ccccc1)c1cccc(O)c1F. The number of phenolic OH excluding ortho intramolecular Hbond substituents is 1. The van der Waals surface area contributed by atoms with Crippen LogP contribution in [-0.4, -0.2) is 5.11 Å². The van der Waals surface area contributed by atoms with Crippen LogP contribution in [0.1, 0.15) is 17.2 Å². The first-order valence-corrected chi connectivity index (χ1v) is 5.13. The Balaban J connectivity index is 2.50. The summed E-state index contributed by atoms with van der Waals surface area (Å²) >= 11 is 0. The number of phenols is 1. The molecule has 0 bridgehead atoms. The Morgan fingerprint density at radius 3 is 2.41 bits per heavy atom. The molecule has 17 heavy (non-hydrogen) atoms. The topological polar surface area (TPSA) is 56.4 Å². The van der Waals surface area contributed by atoms with Gasteiger partial charge in [-0.1, -0.05) is 42.5 Å². The quantitative estimate of drug-likeness (QED) is 0.777. The van der Waals surface area contributed by atoms with Crippen LogP contribution >= 0.6 is 0 Å². The molecule has 0 aliphatic rings. The molecule has 1 unspecified atom stereocenters. The van der Waals surface area contributed by atoms with Crippen LogP contribution in [0.3, 0.4) is 0 Å². The van der Waals surface area contributed by atoms with Crippen LogP contribution in [0.15, 0.2) is 53.6 Å². The van der Waals surface area contributed by atoms with Crippen molar-refractivity contribution < 1.29 is 9.50 Å². The number of nitrogens with zero attached hydrogens (tertiary/aromatic N) is 1. The van der Waals surface area contributed by atoms with Crippen LogP contribution in [-0.2, 0) is 0 Å². The van der Waals surface area contributed by atoms with Crippen molar-refractivity contribution in [2.24, 2.45) is 5.11 Å². The van der Waals surface area contributed by atoms with E-state index in [1.807, 2.05) is 6.07 Å². The van der Waals surface area contributed by atoms with Gasteiger partial charge in [0.25, 0.3) is 0 Å². The Hall–Kier alpha value is -2.23. The maximum atomic E-state index is 13.7. The van der Waals surface area contributed by atoms with Crippen LogP contribution in [0.4, 0.5) is 4.39 Å². The second-order valence-corrected chi connectivity index (χ2v) is 3.62. The summed E-state index contributed by atoms with van der Waals surface area (Å²) in [5, 5.41) is 12.7. The van der Waals surface area contributed by atoms with Gasteiger partial charge in [0.1, 0.15) is 6.04 Å². The van der Waals surface area contributed by atoms with Crippen LogP contribution in [0.2, 0.25) is 0 Å². The lowest BCUT2D eigenvalue weighted by molar-refractivity contribution is 0.426. The minimum atomic E-state index is -0.725. The summed E-state index contributed by atoms with van der Waals surface area (Å²) in [7, 11) is 0. The average Bonchev–Trinajstić information content (AvgIpc) is 2.37. The van der Waals surface area contributed by atoms with Gasteiger partial charge < -0.3 is 5.11 Å². The van der Waals surface area contributed by atoms with Crippen molar-refractivity contribution in [1.29, 1.82) is 5.53 Å². The highest BCUT2D eigenvalue weighted by atomic mass is 19.1. The lowest BCUT2D eigenvalue weighted by atomic mass is 9.99. The first-order valence-electron chi connectivity index (χ1n) is 5.13. The van der Waals surface area contributed by atoms with E-state index in [0.29, 0.717) is 5.56 Å². The van der Waals surface area contributed by atoms with E-state index in [2.05, 4.69) is 5.11 Å². The van der Waals surface area contributed by atoms with Gasteiger partial charge in [0.2, 0.25) is 0 Å². The number of hydrogen-bond acceptors (Lipinski definition) is 3. The summed E-state index contributed by atoms with van der Waals surface area (Å²) in [5.41, 5.74) is 8.09. The Labute approximate surface area is 98.1 Å². The summed E-state index contributed by atoms with van der Waals surface area (Å²) in [6.07, 6.45) is 0. The van der Waals surface area contributed by atoms with Gasteiger partial charge >= 0.3 is 0 Å². The number of rotatable bonds is 3. The smallest absolute Gasteiger partial charge is 0.170 e. The molecule has 0 aliphatic carbocycles. The van der Waals surface area contributed by atoms with E-state index < -0.39 is 17.6 Å². The van der Waals surface area contributed by atoms with Crippen molar-refractivity contribution in [3.63, 3.8) is 0 Å². The van der Waals surface area contributed by atoms with Gasteiger partial charge in [-0.25, -0.2) is 9.92 Å². The molecule has 0 fully saturated rings. The fourth-order valence-corrected chi connectivity index (χ4v) is 1.71. The summed E-state index contributed by atoms with van der Waals surface area (Å²) < 4.78 is 13.7. The lowest BCUT2D eigenvalue weighted by Crippen LogP contribution is -2.00. The molecule has 0 heterocycles. The van der Waals surface area contributed by atoms with Crippen molar-refractivity contribution >= 4 is 0 Å². The van der Waals surface area contributed by atoms with Gasteiger partial charge in [-0.2, -0.15) is 5.11 Å². The van der Waals surface area contributed by atoms with E-state index in [1.54, 1.807) is 24.3 Å². The molecule has 86 valence electrons. The molecule has 3 nitrogen and oxygen atoms in total. The van der Waals surface area contributed by atoms with E-state index in [0.717, 1.165) is 0 Å². The Morgan fingerprint density at radius 2 is 1.76 bits per heavy atom. The number of hydrogen-bond donors (Lipinski definition) is 2. The molecule has 2 aromatic rings. The van der Waals surface area contributed by atoms with Gasteiger partial charge in [-0.15, -0.1) is 0 Å². The summed E-state index contributed by atoms with van der Waals surface area (Å²) in [4.78, 5) is 0. The Bertz CT molecular complexity index is 528. The average molecular weight is 230 g/mol. The number of benzene rings is 2. The highest BCUT2D eigenvalue weighted by Crippen LogP contribution is 2.31. The zero-order valence-electron chi connectivity index (χ0n) is 8.97. The standard InChI is InChI=1S/C13H11FN2O/c14-12-10(7-4-8-11(12)17)13(16-15)9-5-2-1-3-6-9/h1-8,13,15,17H. The molecule has 0 spiro atoms. The predicted molar refractivity (Wildman–Crippen MR) is 61.5 cm³/mol. The third kappa shape index (κ3) is 2.15. The highest BCUT2D eigenvalue weighted by molar-refractivity contribution is 5.37. The lowest BCUT2D eigenvalue weighted by Gasteiger charge is -2.12. The molecular formula is C13H11FN2O. The van der Waals surface area contributed by atoms with E-state index in [-0.39, 0.29) is 5.56 Å². The summed E-state index contributed by atoms with van der Waals surface area (Å²) in [6, 6.07) is 12.6. The van der Waals surface area contributed by atoms with Crippen LogP contribution < -0.4 is 0 Å². The molecular weight excluding hydrogens is 219 g/mol. The first kappa shape index (κ1) is 11.3. The summed E-state index contributed by atoms with van der Waals surface area (Å²) in [5.74, 6) is -1.15. The van der Waals surface area contributed by atoms with Crippen molar-refractivity contribution in [3.05, 3.63) is 65.5 Å². The van der Waals surface area contributed by atoms with E-state index in [4.69, 9.17) is 5.53 Å². The molecule has 0 saturated carbocycles. The minimum Gasteiger partial charge on any atom is -0.505 e. The van der Waals surface area contributed by atoms with Crippen molar-refractivity contribution in [2.75, 3.05) is 0 Å². The van der Waals surface area contributed by atoms with Gasteiger partial charge in [0.05, 0.1) is 0 Å². The van der Waals surface area contributed by atoms with E-state index >= 15 is 0 Å².